The van der Waals surface area contributed by atoms with Crippen molar-refractivity contribution in [3.63, 3.8) is 0 Å². The number of likely N-dealkylation sites (tertiary alicyclic amines) is 1. The molecule has 1 N–H and O–H groups in total. The number of ether oxygens (including phenoxy) is 1. The van der Waals surface area contributed by atoms with Gasteiger partial charge in [-0.2, -0.15) is 0 Å². The molecular weight excluding hydrogens is 274 g/mol. The Morgan fingerprint density at radius 2 is 2.05 bits per heavy atom. The van der Waals surface area contributed by atoms with Gasteiger partial charge in [-0.3, -0.25) is 0 Å². The first-order chi connectivity index (χ1) is 10.7. The summed E-state index contributed by atoms with van der Waals surface area (Å²) in [5.41, 5.74) is 0. The molecule has 0 spiro atoms. The molecule has 2 aromatic rings. The normalized spacial score (nSPS) is 20.9. The highest BCUT2D eigenvalue weighted by atomic mass is 16.5. The van der Waals surface area contributed by atoms with Gasteiger partial charge < -0.3 is 14.7 Å². The number of nitrogens with zero attached hydrogens (tertiary/aromatic N) is 1. The van der Waals surface area contributed by atoms with Crippen LogP contribution >= 0.6 is 0 Å². The molecule has 1 heterocycles. The van der Waals surface area contributed by atoms with E-state index in [2.05, 4.69) is 30.0 Å². The fraction of sp³-hybridized carbons (Fsp3) is 0.474. The maximum Gasteiger partial charge on any atom is 0.127 e. The van der Waals surface area contributed by atoms with Crippen LogP contribution in [0.4, 0.5) is 0 Å². The van der Waals surface area contributed by atoms with Gasteiger partial charge in [-0.25, -0.2) is 0 Å². The summed E-state index contributed by atoms with van der Waals surface area (Å²) >= 11 is 0. The number of fused-ring (bicyclic) bond motifs is 1. The highest BCUT2D eigenvalue weighted by molar-refractivity contribution is 5.88. The minimum atomic E-state index is -0.440. The zero-order valence-corrected chi connectivity index (χ0v) is 13.2. The first-order valence-corrected chi connectivity index (χ1v) is 8.23. The van der Waals surface area contributed by atoms with Crippen molar-refractivity contribution in [1.29, 1.82) is 0 Å². The van der Waals surface area contributed by atoms with E-state index in [1.807, 2.05) is 24.3 Å². The standard InChI is InChI=1S/C19H25NO2/c1-15-6-5-11-20(12-15)13-17(21)14-22-19-10-4-8-16-7-2-3-9-18(16)19/h2-4,7-10,15,17,21H,5-6,11-14H2,1H3. The van der Waals surface area contributed by atoms with Gasteiger partial charge in [0.05, 0.1) is 0 Å². The lowest BCUT2D eigenvalue weighted by Crippen LogP contribution is -2.41. The molecule has 3 rings (SSSR count). The molecule has 3 heteroatoms. The zero-order valence-electron chi connectivity index (χ0n) is 13.2. The van der Waals surface area contributed by atoms with Crippen molar-refractivity contribution < 1.29 is 9.84 Å². The van der Waals surface area contributed by atoms with Crippen LogP contribution in [-0.2, 0) is 0 Å². The summed E-state index contributed by atoms with van der Waals surface area (Å²) in [6, 6.07) is 14.2. The Bertz CT molecular complexity index is 608. The fourth-order valence-corrected chi connectivity index (χ4v) is 3.31. The number of piperidine rings is 1. The molecule has 0 aromatic heterocycles. The van der Waals surface area contributed by atoms with Crippen molar-refractivity contribution in [2.45, 2.75) is 25.9 Å². The first-order valence-electron chi connectivity index (χ1n) is 8.23. The molecule has 0 radical (unpaired) electrons. The van der Waals surface area contributed by atoms with Crippen LogP contribution in [0.2, 0.25) is 0 Å². The maximum atomic E-state index is 10.3. The third-order valence-electron chi connectivity index (χ3n) is 4.39. The lowest BCUT2D eigenvalue weighted by atomic mass is 10.0. The SMILES string of the molecule is CC1CCCN(CC(O)COc2cccc3ccccc23)C1. The number of hydrogen-bond acceptors (Lipinski definition) is 3. The van der Waals surface area contributed by atoms with Crippen molar-refractivity contribution >= 4 is 10.8 Å². The van der Waals surface area contributed by atoms with Crippen LogP contribution in [0, 0.1) is 5.92 Å². The molecule has 1 saturated heterocycles. The molecule has 2 unspecified atom stereocenters. The summed E-state index contributed by atoms with van der Waals surface area (Å²) in [6.07, 6.45) is 2.10. The molecule has 3 nitrogen and oxygen atoms in total. The van der Waals surface area contributed by atoms with Gasteiger partial charge in [0, 0.05) is 18.5 Å². The van der Waals surface area contributed by atoms with Crippen LogP contribution in [-0.4, -0.2) is 42.4 Å². The Hall–Kier alpha value is -1.58. The summed E-state index contributed by atoms with van der Waals surface area (Å²) in [5.74, 6) is 1.59. The summed E-state index contributed by atoms with van der Waals surface area (Å²) in [5, 5.41) is 12.5. The molecule has 1 fully saturated rings. The second kappa shape index (κ2) is 7.12. The van der Waals surface area contributed by atoms with Crippen LogP contribution in [0.5, 0.6) is 5.75 Å². The van der Waals surface area contributed by atoms with Gasteiger partial charge in [0.15, 0.2) is 0 Å². The fourth-order valence-electron chi connectivity index (χ4n) is 3.31. The van der Waals surface area contributed by atoms with Crippen LogP contribution in [0.3, 0.4) is 0 Å². The number of aliphatic hydroxyl groups is 1. The Morgan fingerprint density at radius 3 is 2.91 bits per heavy atom. The van der Waals surface area contributed by atoms with Gasteiger partial charge in [0.1, 0.15) is 18.5 Å². The van der Waals surface area contributed by atoms with E-state index < -0.39 is 6.10 Å². The molecule has 0 bridgehead atoms. The van der Waals surface area contributed by atoms with Crippen molar-refractivity contribution in [3.05, 3.63) is 42.5 Å². The second-order valence-electron chi connectivity index (χ2n) is 6.45. The highest BCUT2D eigenvalue weighted by Gasteiger charge is 2.19. The Kier molecular flexibility index (Phi) is 4.96. The highest BCUT2D eigenvalue weighted by Crippen LogP contribution is 2.25. The molecule has 1 aliphatic heterocycles. The minimum absolute atomic E-state index is 0.346. The minimum Gasteiger partial charge on any atom is -0.490 e. The monoisotopic (exact) mass is 299 g/mol. The Morgan fingerprint density at radius 1 is 1.23 bits per heavy atom. The summed E-state index contributed by atoms with van der Waals surface area (Å²) in [7, 11) is 0. The third-order valence-corrected chi connectivity index (χ3v) is 4.39. The average molecular weight is 299 g/mol. The molecule has 0 saturated carbocycles. The van der Waals surface area contributed by atoms with Crippen LogP contribution < -0.4 is 4.74 Å². The van der Waals surface area contributed by atoms with E-state index in [4.69, 9.17) is 4.74 Å². The number of hydrogen-bond donors (Lipinski definition) is 1. The van der Waals surface area contributed by atoms with E-state index in [9.17, 15) is 5.11 Å². The topological polar surface area (TPSA) is 32.7 Å². The number of benzene rings is 2. The molecule has 22 heavy (non-hydrogen) atoms. The molecular formula is C19H25NO2. The van der Waals surface area contributed by atoms with Crippen molar-refractivity contribution in [1.82, 2.24) is 4.90 Å². The zero-order chi connectivity index (χ0) is 15.4. The molecule has 2 atom stereocenters. The van der Waals surface area contributed by atoms with Crippen molar-refractivity contribution in [3.8, 4) is 5.75 Å². The summed E-state index contributed by atoms with van der Waals surface area (Å²) in [4.78, 5) is 2.35. The van der Waals surface area contributed by atoms with Crippen LogP contribution in [0.1, 0.15) is 19.8 Å². The Labute approximate surface area is 132 Å². The smallest absolute Gasteiger partial charge is 0.127 e. The lowest BCUT2D eigenvalue weighted by molar-refractivity contribution is 0.0541. The van der Waals surface area contributed by atoms with E-state index in [-0.39, 0.29) is 0 Å². The largest absolute Gasteiger partial charge is 0.490 e. The molecule has 1 aliphatic rings. The summed E-state index contributed by atoms with van der Waals surface area (Å²) in [6.45, 7) is 5.51. The maximum absolute atomic E-state index is 10.3. The second-order valence-corrected chi connectivity index (χ2v) is 6.45. The first kappa shape index (κ1) is 15.3. The van der Waals surface area contributed by atoms with Gasteiger partial charge >= 0.3 is 0 Å². The predicted molar refractivity (Wildman–Crippen MR) is 90.3 cm³/mol. The average Bonchev–Trinajstić information content (AvgIpc) is 2.53. The molecule has 0 aliphatic carbocycles. The lowest BCUT2D eigenvalue weighted by Gasteiger charge is -2.32. The van der Waals surface area contributed by atoms with Gasteiger partial charge in [-0.05, 0) is 36.8 Å². The van der Waals surface area contributed by atoms with Crippen LogP contribution in [0.25, 0.3) is 10.8 Å². The summed E-state index contributed by atoms with van der Waals surface area (Å²) < 4.78 is 5.87. The molecule has 2 aromatic carbocycles. The van der Waals surface area contributed by atoms with Gasteiger partial charge in [0.2, 0.25) is 0 Å². The number of β-amino-alcohol motifs (C(OH)–C–C–N with tert-alkyl or cyclic N) is 1. The van der Waals surface area contributed by atoms with E-state index in [1.54, 1.807) is 0 Å². The van der Waals surface area contributed by atoms with Gasteiger partial charge in [-0.1, -0.05) is 43.3 Å². The van der Waals surface area contributed by atoms with E-state index in [0.717, 1.165) is 30.1 Å². The Balaban J connectivity index is 1.57. The van der Waals surface area contributed by atoms with Crippen LogP contribution in [0.15, 0.2) is 42.5 Å². The number of aliphatic hydroxyl groups excluding tert-OH is 1. The number of rotatable bonds is 5. The predicted octanol–water partition coefficient (Wildman–Crippen LogP) is 3.31. The van der Waals surface area contributed by atoms with E-state index in [1.165, 1.54) is 18.2 Å². The molecule has 118 valence electrons. The quantitative estimate of drug-likeness (QED) is 0.919. The van der Waals surface area contributed by atoms with E-state index in [0.29, 0.717) is 13.2 Å². The van der Waals surface area contributed by atoms with Crippen molar-refractivity contribution in [2.24, 2.45) is 5.92 Å². The van der Waals surface area contributed by atoms with Gasteiger partial charge in [-0.15, -0.1) is 0 Å². The van der Waals surface area contributed by atoms with E-state index >= 15 is 0 Å². The third kappa shape index (κ3) is 3.79. The van der Waals surface area contributed by atoms with Crippen molar-refractivity contribution in [2.75, 3.05) is 26.2 Å². The molecule has 0 amide bonds. The van der Waals surface area contributed by atoms with Gasteiger partial charge in [0.25, 0.3) is 0 Å².